The van der Waals surface area contributed by atoms with Gasteiger partial charge >= 0.3 is 0 Å². The second kappa shape index (κ2) is 11.7. The lowest BCUT2D eigenvalue weighted by Crippen LogP contribution is -2.48. The third-order valence-electron chi connectivity index (χ3n) is 9.53. The lowest BCUT2D eigenvalue weighted by molar-refractivity contribution is -0.126. The SMILES string of the molecule is CN(C(=O)C=Cc1ccccc1Cl)C1CCc2ccc(C(=O)N3CCC4(CC3)CCN(c3ccncc3)CC4)cc21. The van der Waals surface area contributed by atoms with Crippen molar-refractivity contribution in [2.24, 2.45) is 5.41 Å². The Morgan fingerprint density at radius 1 is 0.976 bits per heavy atom. The molecule has 0 radical (unpaired) electrons. The topological polar surface area (TPSA) is 56.8 Å². The zero-order chi connectivity index (χ0) is 28.4. The molecule has 6 rings (SSSR count). The fourth-order valence-corrected chi connectivity index (χ4v) is 7.02. The van der Waals surface area contributed by atoms with Gasteiger partial charge in [0.15, 0.2) is 0 Å². The van der Waals surface area contributed by atoms with Crippen LogP contribution < -0.4 is 4.90 Å². The first kappa shape index (κ1) is 27.5. The third kappa shape index (κ3) is 5.76. The van der Waals surface area contributed by atoms with Crippen molar-refractivity contribution in [1.29, 1.82) is 0 Å². The first-order chi connectivity index (χ1) is 19.9. The Bertz CT molecular complexity index is 1440. The summed E-state index contributed by atoms with van der Waals surface area (Å²) in [6, 6.07) is 17.7. The van der Waals surface area contributed by atoms with Crippen molar-refractivity contribution in [3.05, 3.63) is 100 Å². The maximum atomic E-state index is 13.6. The number of piperidine rings is 2. The maximum absolute atomic E-state index is 13.6. The Morgan fingerprint density at radius 3 is 2.41 bits per heavy atom. The van der Waals surface area contributed by atoms with Gasteiger partial charge in [-0.2, -0.15) is 0 Å². The summed E-state index contributed by atoms with van der Waals surface area (Å²) in [6.45, 7) is 3.73. The van der Waals surface area contributed by atoms with E-state index in [1.54, 1.807) is 17.1 Å². The van der Waals surface area contributed by atoms with E-state index in [4.69, 9.17) is 11.6 Å². The van der Waals surface area contributed by atoms with Gasteiger partial charge in [-0.1, -0.05) is 35.9 Å². The molecular weight excluding hydrogens is 532 g/mol. The van der Waals surface area contributed by atoms with Crippen LogP contribution in [-0.2, 0) is 11.2 Å². The van der Waals surface area contributed by atoms with Crippen molar-refractivity contribution in [2.75, 3.05) is 38.1 Å². The highest BCUT2D eigenvalue weighted by Crippen LogP contribution is 2.42. The van der Waals surface area contributed by atoms with Gasteiger partial charge in [0, 0.05) is 68.0 Å². The van der Waals surface area contributed by atoms with Crippen LogP contribution in [0.3, 0.4) is 0 Å². The fraction of sp³-hybridized carbons (Fsp3) is 0.382. The van der Waals surface area contributed by atoms with E-state index in [2.05, 4.69) is 28.1 Å². The first-order valence-electron chi connectivity index (χ1n) is 14.7. The second-order valence-electron chi connectivity index (χ2n) is 11.8. The smallest absolute Gasteiger partial charge is 0.253 e. The number of hydrogen-bond acceptors (Lipinski definition) is 4. The Morgan fingerprint density at radius 2 is 1.68 bits per heavy atom. The number of rotatable bonds is 5. The molecule has 212 valence electrons. The van der Waals surface area contributed by atoms with E-state index in [-0.39, 0.29) is 17.9 Å². The Labute approximate surface area is 247 Å². The Hall–Kier alpha value is -3.64. The van der Waals surface area contributed by atoms with Crippen LogP contribution in [0, 0.1) is 5.41 Å². The van der Waals surface area contributed by atoms with E-state index in [9.17, 15) is 9.59 Å². The Balaban J connectivity index is 1.08. The molecule has 6 nitrogen and oxygen atoms in total. The van der Waals surface area contributed by atoms with Crippen LogP contribution in [0.25, 0.3) is 6.08 Å². The van der Waals surface area contributed by atoms with Crippen LogP contribution in [0.1, 0.15) is 65.2 Å². The van der Waals surface area contributed by atoms with E-state index >= 15 is 0 Å². The van der Waals surface area contributed by atoms with Gasteiger partial charge in [0.25, 0.3) is 5.91 Å². The number of benzene rings is 2. The molecule has 2 fully saturated rings. The van der Waals surface area contributed by atoms with Gasteiger partial charge in [0.2, 0.25) is 5.91 Å². The molecule has 1 unspecified atom stereocenters. The molecule has 41 heavy (non-hydrogen) atoms. The summed E-state index contributed by atoms with van der Waals surface area (Å²) >= 11 is 6.25. The van der Waals surface area contributed by atoms with Crippen LogP contribution in [0.15, 0.2) is 73.1 Å². The van der Waals surface area contributed by atoms with Gasteiger partial charge in [0.1, 0.15) is 0 Å². The maximum Gasteiger partial charge on any atom is 0.253 e. The van der Waals surface area contributed by atoms with Crippen molar-refractivity contribution in [2.45, 2.75) is 44.6 Å². The predicted molar refractivity (Wildman–Crippen MR) is 164 cm³/mol. The molecule has 0 N–H and O–H groups in total. The van der Waals surface area contributed by atoms with Gasteiger partial charge in [-0.05, 0) is 97.0 Å². The number of aromatic nitrogens is 1. The average Bonchev–Trinajstić information content (AvgIpc) is 3.44. The summed E-state index contributed by atoms with van der Waals surface area (Å²) < 4.78 is 0. The number of amides is 2. The van der Waals surface area contributed by atoms with Crippen LogP contribution in [0.4, 0.5) is 5.69 Å². The lowest BCUT2D eigenvalue weighted by atomic mass is 9.71. The number of anilines is 1. The minimum absolute atomic E-state index is 0.0450. The Kier molecular flexibility index (Phi) is 7.85. The minimum atomic E-state index is -0.0733. The summed E-state index contributed by atoms with van der Waals surface area (Å²) in [5, 5.41) is 0.618. The van der Waals surface area contributed by atoms with Crippen LogP contribution >= 0.6 is 11.6 Å². The van der Waals surface area contributed by atoms with Crippen LogP contribution in [0.5, 0.6) is 0 Å². The van der Waals surface area contributed by atoms with Crippen LogP contribution in [-0.4, -0.2) is 59.8 Å². The molecule has 2 amide bonds. The molecule has 7 heteroatoms. The molecule has 1 spiro atoms. The van der Waals surface area contributed by atoms with Gasteiger partial charge < -0.3 is 14.7 Å². The molecule has 3 aromatic rings. The number of carbonyl (C=O) groups is 2. The minimum Gasteiger partial charge on any atom is -0.371 e. The van der Waals surface area contributed by atoms with Crippen molar-refractivity contribution < 1.29 is 9.59 Å². The number of hydrogen-bond donors (Lipinski definition) is 0. The summed E-state index contributed by atoms with van der Waals surface area (Å²) in [7, 11) is 1.84. The third-order valence-corrected chi connectivity index (χ3v) is 9.87. The highest BCUT2D eigenvalue weighted by atomic mass is 35.5. The summed E-state index contributed by atoms with van der Waals surface area (Å²) in [4.78, 5) is 37.1. The normalized spacial score (nSPS) is 19.9. The summed E-state index contributed by atoms with van der Waals surface area (Å²) in [5.74, 6) is 0.0333. The van der Waals surface area contributed by atoms with Crippen LogP contribution in [0.2, 0.25) is 5.02 Å². The predicted octanol–water partition coefficient (Wildman–Crippen LogP) is 6.42. The van der Waals surface area contributed by atoms with Crippen molar-refractivity contribution in [3.63, 3.8) is 0 Å². The van der Waals surface area contributed by atoms with Crippen molar-refractivity contribution in [3.8, 4) is 0 Å². The number of nitrogens with zero attached hydrogens (tertiary/aromatic N) is 4. The van der Waals surface area contributed by atoms with E-state index < -0.39 is 0 Å². The number of carbonyl (C=O) groups excluding carboxylic acids is 2. The van der Waals surface area contributed by atoms with E-state index in [0.717, 1.165) is 68.6 Å². The lowest BCUT2D eigenvalue weighted by Gasteiger charge is -2.47. The number of pyridine rings is 1. The molecule has 1 atom stereocenters. The molecule has 0 bridgehead atoms. The molecule has 2 aliphatic heterocycles. The standard InChI is InChI=1S/C34H37ClN4O2/c1-37(32(40)11-9-26-4-2-3-5-30(26)35)31-10-8-25-6-7-27(24-29(25)31)33(41)39-22-16-34(17-23-39)14-20-38(21-15-34)28-12-18-36-19-13-28/h2-7,9,11-13,18-19,24,31H,8,10,14-17,20-23H2,1H3. The molecule has 3 heterocycles. The van der Waals surface area contributed by atoms with Crippen molar-refractivity contribution in [1.82, 2.24) is 14.8 Å². The quantitative estimate of drug-likeness (QED) is 0.333. The fourth-order valence-electron chi connectivity index (χ4n) is 6.82. The van der Waals surface area contributed by atoms with Crippen molar-refractivity contribution >= 4 is 35.2 Å². The number of halogens is 1. The molecule has 2 saturated heterocycles. The van der Waals surface area contributed by atoms with E-state index in [1.807, 2.05) is 60.7 Å². The molecular formula is C34H37ClN4O2. The largest absolute Gasteiger partial charge is 0.371 e. The van der Waals surface area contributed by atoms with Gasteiger partial charge in [0.05, 0.1) is 6.04 Å². The molecule has 1 aromatic heterocycles. The number of likely N-dealkylation sites (N-methyl/N-ethyl adjacent to an activating group) is 1. The average molecular weight is 569 g/mol. The van der Waals surface area contributed by atoms with Gasteiger partial charge in [-0.15, -0.1) is 0 Å². The summed E-state index contributed by atoms with van der Waals surface area (Å²) in [5.41, 5.74) is 5.45. The zero-order valence-corrected chi connectivity index (χ0v) is 24.4. The number of likely N-dealkylation sites (tertiary alicyclic amines) is 1. The second-order valence-corrected chi connectivity index (χ2v) is 12.2. The van der Waals surface area contributed by atoms with Gasteiger partial charge in [-0.3, -0.25) is 14.6 Å². The monoisotopic (exact) mass is 568 g/mol. The zero-order valence-electron chi connectivity index (χ0n) is 23.6. The first-order valence-corrected chi connectivity index (χ1v) is 15.1. The summed E-state index contributed by atoms with van der Waals surface area (Å²) in [6.07, 6.45) is 13.3. The molecule has 0 saturated carbocycles. The molecule has 2 aromatic carbocycles. The van der Waals surface area contributed by atoms with E-state index in [0.29, 0.717) is 10.4 Å². The number of fused-ring (bicyclic) bond motifs is 1. The highest BCUT2D eigenvalue weighted by Gasteiger charge is 2.39. The highest BCUT2D eigenvalue weighted by molar-refractivity contribution is 6.32. The molecule has 1 aliphatic carbocycles. The van der Waals surface area contributed by atoms with E-state index in [1.165, 1.54) is 24.1 Å². The van der Waals surface area contributed by atoms with Gasteiger partial charge in [-0.25, -0.2) is 0 Å². The number of aryl methyl sites for hydroxylation is 1. The molecule has 3 aliphatic rings.